The van der Waals surface area contributed by atoms with Gasteiger partial charge >= 0.3 is 0 Å². The molecule has 3 aromatic carbocycles. The van der Waals surface area contributed by atoms with Crippen LogP contribution in [0, 0.1) is 0 Å². The van der Waals surface area contributed by atoms with Crippen LogP contribution in [0.4, 0.5) is 0 Å². The van der Waals surface area contributed by atoms with Gasteiger partial charge in [-0.05, 0) is 61.2 Å². The van der Waals surface area contributed by atoms with E-state index in [4.69, 9.17) is 32.8 Å². The van der Waals surface area contributed by atoms with Crippen molar-refractivity contribution in [1.82, 2.24) is 9.62 Å². The number of piperidine rings is 1. The van der Waals surface area contributed by atoms with Gasteiger partial charge in [0.25, 0.3) is 0 Å². The predicted molar refractivity (Wildman–Crippen MR) is 162 cm³/mol. The highest BCUT2D eigenvalue weighted by Crippen LogP contribution is 2.34. The van der Waals surface area contributed by atoms with Crippen molar-refractivity contribution in [3.05, 3.63) is 94.0 Å². The molecule has 11 heteroatoms. The molecule has 3 aromatic rings. The molecule has 0 aliphatic carbocycles. The van der Waals surface area contributed by atoms with Crippen LogP contribution in [0.3, 0.4) is 0 Å². The zero-order valence-corrected chi connectivity index (χ0v) is 25.4. The van der Waals surface area contributed by atoms with E-state index < -0.39 is 15.6 Å². The van der Waals surface area contributed by atoms with Crippen LogP contribution in [-0.2, 0) is 20.5 Å². The highest BCUT2D eigenvalue weighted by molar-refractivity contribution is 7.89. The summed E-state index contributed by atoms with van der Waals surface area (Å²) in [6.07, 6.45) is 1.85. The van der Waals surface area contributed by atoms with Crippen molar-refractivity contribution in [2.24, 2.45) is 5.16 Å². The first-order valence-electron chi connectivity index (χ1n) is 13.3. The zero-order chi connectivity index (χ0) is 29.5. The Morgan fingerprint density at radius 2 is 1.71 bits per heavy atom. The number of aliphatic hydroxyl groups is 1. The Kier molecular flexibility index (Phi) is 10.7. The topological polar surface area (TPSA) is 100 Å². The molecular formula is C30H35Cl2N3O5S. The van der Waals surface area contributed by atoms with Gasteiger partial charge in [-0.3, -0.25) is 0 Å². The molecule has 0 amide bonds. The van der Waals surface area contributed by atoms with E-state index in [1.54, 1.807) is 30.3 Å². The Bertz CT molecular complexity index is 1450. The quantitative estimate of drug-likeness (QED) is 0.207. The number of ether oxygens (including phenoxy) is 1. The number of nitrogens with zero attached hydrogens (tertiary/aromatic N) is 2. The van der Waals surface area contributed by atoms with Gasteiger partial charge in [0.1, 0.15) is 17.8 Å². The molecule has 4 rings (SSSR count). The van der Waals surface area contributed by atoms with E-state index in [1.165, 1.54) is 20.3 Å². The highest BCUT2D eigenvalue weighted by Gasteiger charge is 2.34. The number of hydrogen-bond acceptors (Lipinski definition) is 7. The lowest BCUT2D eigenvalue weighted by atomic mass is 9.84. The summed E-state index contributed by atoms with van der Waals surface area (Å²) in [5.74, 6) is -0.0770. The Morgan fingerprint density at radius 1 is 1.02 bits per heavy atom. The molecule has 0 saturated carbocycles. The van der Waals surface area contributed by atoms with Crippen molar-refractivity contribution in [2.75, 3.05) is 40.4 Å². The monoisotopic (exact) mass is 619 g/mol. The van der Waals surface area contributed by atoms with Crippen LogP contribution in [0.1, 0.15) is 36.3 Å². The minimum atomic E-state index is -3.92. The number of rotatable bonds is 12. The van der Waals surface area contributed by atoms with E-state index in [1.807, 2.05) is 36.4 Å². The fourth-order valence-electron chi connectivity index (χ4n) is 5.17. The maximum Gasteiger partial charge on any atom is 0.244 e. The van der Waals surface area contributed by atoms with E-state index in [0.717, 1.165) is 24.2 Å². The van der Waals surface area contributed by atoms with Gasteiger partial charge in [0, 0.05) is 19.0 Å². The molecule has 1 unspecified atom stereocenters. The van der Waals surface area contributed by atoms with Crippen molar-refractivity contribution < 1.29 is 23.1 Å². The van der Waals surface area contributed by atoms with E-state index in [-0.39, 0.29) is 23.1 Å². The number of para-hydroxylation sites is 1. The highest BCUT2D eigenvalue weighted by atomic mass is 35.5. The number of hydrogen-bond donors (Lipinski definition) is 2. The van der Waals surface area contributed by atoms with Gasteiger partial charge in [-0.15, -0.1) is 0 Å². The van der Waals surface area contributed by atoms with Gasteiger partial charge in [0.15, 0.2) is 0 Å². The van der Waals surface area contributed by atoms with Crippen LogP contribution in [0.5, 0.6) is 5.75 Å². The van der Waals surface area contributed by atoms with Gasteiger partial charge in [-0.25, -0.2) is 13.1 Å². The molecule has 1 aliphatic heterocycles. The van der Waals surface area contributed by atoms with Crippen molar-refractivity contribution in [1.29, 1.82) is 0 Å². The normalized spacial score (nSPS) is 16.8. The van der Waals surface area contributed by atoms with Crippen LogP contribution in [0.2, 0.25) is 10.0 Å². The molecule has 220 valence electrons. The lowest BCUT2D eigenvalue weighted by Gasteiger charge is -2.39. The van der Waals surface area contributed by atoms with Crippen molar-refractivity contribution in [3.63, 3.8) is 0 Å². The van der Waals surface area contributed by atoms with E-state index >= 15 is 0 Å². The summed E-state index contributed by atoms with van der Waals surface area (Å²) in [6.45, 7) is 2.04. The minimum absolute atomic E-state index is 0.0320. The number of nitrogens with one attached hydrogen (secondary N) is 1. The molecule has 1 saturated heterocycles. The number of sulfonamides is 1. The Balaban J connectivity index is 1.52. The third-order valence-electron chi connectivity index (χ3n) is 7.49. The van der Waals surface area contributed by atoms with E-state index in [2.05, 4.69) is 14.8 Å². The molecule has 1 aliphatic rings. The Hall–Kier alpha value is -2.66. The van der Waals surface area contributed by atoms with Crippen LogP contribution in [0.15, 0.2) is 82.8 Å². The van der Waals surface area contributed by atoms with Crippen LogP contribution in [-0.4, -0.2) is 64.5 Å². The summed E-state index contributed by atoms with van der Waals surface area (Å²) in [7, 11) is -1.07. The molecule has 41 heavy (non-hydrogen) atoms. The van der Waals surface area contributed by atoms with Gasteiger partial charge in [-0.2, -0.15) is 0 Å². The molecule has 0 aromatic heterocycles. The smallest absolute Gasteiger partial charge is 0.244 e. The SMILES string of the molecule is CO/N=C(\CNS(=O)(=O)c1ccccc1OC)C(CCN1CCC(O)(c2ccccc2)CC1)c1ccc(Cl)c(Cl)c1. The molecular weight excluding hydrogens is 585 g/mol. The van der Waals surface area contributed by atoms with Crippen LogP contribution in [0.25, 0.3) is 0 Å². The molecule has 0 bridgehead atoms. The molecule has 8 nitrogen and oxygen atoms in total. The van der Waals surface area contributed by atoms with Gasteiger partial charge in [0.2, 0.25) is 10.0 Å². The lowest BCUT2D eigenvalue weighted by Crippen LogP contribution is -2.43. The second-order valence-electron chi connectivity index (χ2n) is 9.99. The summed E-state index contributed by atoms with van der Waals surface area (Å²) in [6, 6.07) is 21.5. The van der Waals surface area contributed by atoms with Crippen molar-refractivity contribution >= 4 is 38.9 Å². The summed E-state index contributed by atoms with van der Waals surface area (Å²) in [4.78, 5) is 7.50. The first-order chi connectivity index (χ1) is 19.7. The summed E-state index contributed by atoms with van der Waals surface area (Å²) in [5.41, 5.74) is 1.41. The van der Waals surface area contributed by atoms with Gasteiger partial charge < -0.3 is 19.6 Å². The standard InChI is InChI=1S/C30H35Cl2N3O5S/c1-39-28-10-6-7-11-29(28)41(37,38)33-21-27(34-40-2)24(22-12-13-25(31)26(32)20-22)14-17-35-18-15-30(36,16-19-35)23-8-4-3-5-9-23/h3-13,20,24,33,36H,14-19,21H2,1-2H3/b34-27+. The number of likely N-dealkylation sites (tertiary alicyclic amines) is 1. The van der Waals surface area contributed by atoms with Crippen molar-refractivity contribution in [3.8, 4) is 5.75 Å². The Labute approximate surface area is 251 Å². The summed E-state index contributed by atoms with van der Waals surface area (Å²) >= 11 is 12.6. The lowest BCUT2D eigenvalue weighted by molar-refractivity contribution is -0.0261. The number of halogens is 2. The number of methoxy groups -OCH3 is 1. The van der Waals surface area contributed by atoms with E-state index in [0.29, 0.717) is 41.6 Å². The first kappa shape index (κ1) is 31.3. The molecule has 0 spiro atoms. The molecule has 1 atom stereocenters. The third-order valence-corrected chi connectivity index (χ3v) is 9.67. The molecule has 1 heterocycles. The van der Waals surface area contributed by atoms with Crippen molar-refractivity contribution in [2.45, 2.75) is 35.7 Å². The number of oxime groups is 1. The van der Waals surface area contributed by atoms with Crippen LogP contribution < -0.4 is 9.46 Å². The molecule has 2 N–H and O–H groups in total. The fraction of sp³-hybridized carbons (Fsp3) is 0.367. The Morgan fingerprint density at radius 3 is 2.37 bits per heavy atom. The largest absolute Gasteiger partial charge is 0.495 e. The second kappa shape index (κ2) is 14.0. The molecule has 1 fully saturated rings. The number of benzene rings is 3. The minimum Gasteiger partial charge on any atom is -0.495 e. The maximum atomic E-state index is 13.2. The predicted octanol–water partition coefficient (Wildman–Crippen LogP) is 5.44. The first-order valence-corrected chi connectivity index (χ1v) is 15.6. The zero-order valence-electron chi connectivity index (χ0n) is 23.1. The molecule has 0 radical (unpaired) electrons. The average Bonchev–Trinajstić information content (AvgIpc) is 2.99. The van der Waals surface area contributed by atoms with Gasteiger partial charge in [0.05, 0.1) is 35.0 Å². The van der Waals surface area contributed by atoms with E-state index in [9.17, 15) is 13.5 Å². The maximum absolute atomic E-state index is 13.2. The summed E-state index contributed by atoms with van der Waals surface area (Å²) in [5, 5.41) is 16.3. The fourth-order valence-corrected chi connectivity index (χ4v) is 6.65. The average molecular weight is 621 g/mol. The van der Waals surface area contributed by atoms with Crippen LogP contribution >= 0.6 is 23.2 Å². The third kappa shape index (κ3) is 7.80. The summed E-state index contributed by atoms with van der Waals surface area (Å²) < 4.78 is 34.3. The second-order valence-corrected chi connectivity index (χ2v) is 12.5. The van der Waals surface area contributed by atoms with Gasteiger partial charge in [-0.1, -0.05) is 76.9 Å².